The highest BCUT2D eigenvalue weighted by Crippen LogP contribution is 2.39. The first-order valence-electron chi connectivity index (χ1n) is 10.7. The van der Waals surface area contributed by atoms with Crippen LogP contribution in [0.3, 0.4) is 0 Å². The third-order valence-electron chi connectivity index (χ3n) is 5.13. The summed E-state index contributed by atoms with van der Waals surface area (Å²) in [5.74, 6) is 0.896. The molecule has 0 aliphatic rings. The van der Waals surface area contributed by atoms with Crippen LogP contribution in [0, 0.1) is 0 Å². The maximum absolute atomic E-state index is 11.0. The van der Waals surface area contributed by atoms with Crippen LogP contribution in [0.1, 0.15) is 50.7 Å². The summed E-state index contributed by atoms with van der Waals surface area (Å²) in [6.07, 6.45) is 6.51. The second-order valence-corrected chi connectivity index (χ2v) is 8.64. The highest BCUT2D eigenvalue weighted by atomic mass is 31.2. The maximum atomic E-state index is 11.0. The van der Waals surface area contributed by atoms with Crippen LogP contribution in [0.25, 0.3) is 11.1 Å². The number of unbranched alkanes of at least 4 members (excludes halogenated alkanes) is 2. The van der Waals surface area contributed by atoms with Gasteiger partial charge in [-0.25, -0.2) is 0 Å². The Bertz CT molecular complexity index is 866. The number of hydrogen-bond acceptors (Lipinski definition) is 2. The summed E-state index contributed by atoms with van der Waals surface area (Å²) in [7, 11) is -1.72. The molecule has 152 valence electrons. The quantitative estimate of drug-likeness (QED) is 0.366. The molecule has 3 aromatic rings. The van der Waals surface area contributed by atoms with Gasteiger partial charge in [0.25, 0.3) is 8.38 Å². The van der Waals surface area contributed by atoms with Crippen molar-refractivity contribution >= 4 is 13.7 Å². The molecule has 1 atom stereocenters. The largest absolute Gasteiger partial charge is 0.443 e. The molecule has 0 aliphatic carbocycles. The van der Waals surface area contributed by atoms with Gasteiger partial charge in [-0.3, -0.25) is 0 Å². The van der Waals surface area contributed by atoms with Crippen molar-refractivity contribution in [3.63, 3.8) is 0 Å². The van der Waals surface area contributed by atoms with Crippen molar-refractivity contribution in [2.45, 2.75) is 52.4 Å². The summed E-state index contributed by atoms with van der Waals surface area (Å²) in [5.41, 5.74) is 4.66. The van der Waals surface area contributed by atoms with Gasteiger partial charge in [-0.15, -0.1) is 0 Å². The number of hydrogen-bond donors (Lipinski definition) is 1. The first-order valence-corrected chi connectivity index (χ1v) is 11.9. The van der Waals surface area contributed by atoms with Crippen molar-refractivity contribution in [1.29, 1.82) is 0 Å². The van der Waals surface area contributed by atoms with Gasteiger partial charge in [0.15, 0.2) is 0 Å². The van der Waals surface area contributed by atoms with E-state index in [1.54, 1.807) is 0 Å². The Morgan fingerprint density at radius 3 is 1.93 bits per heavy atom. The van der Waals surface area contributed by atoms with Crippen molar-refractivity contribution in [1.82, 2.24) is 0 Å². The van der Waals surface area contributed by atoms with E-state index in [9.17, 15) is 4.89 Å². The SMILES string of the molecule is CCCCc1cccc(CCCC)c1OP(O)c1cccc(-c2ccccc2)c1. The van der Waals surface area contributed by atoms with E-state index in [1.165, 1.54) is 11.1 Å². The van der Waals surface area contributed by atoms with E-state index in [0.717, 1.165) is 60.7 Å². The van der Waals surface area contributed by atoms with Gasteiger partial charge in [0.05, 0.1) is 0 Å². The monoisotopic (exact) mass is 406 g/mol. The molecule has 3 rings (SSSR count). The first-order chi connectivity index (χ1) is 14.2. The molecule has 3 aromatic carbocycles. The molecular formula is C26H31O2P. The number of para-hydroxylation sites is 1. The van der Waals surface area contributed by atoms with Gasteiger partial charge >= 0.3 is 0 Å². The Morgan fingerprint density at radius 1 is 0.724 bits per heavy atom. The van der Waals surface area contributed by atoms with E-state index < -0.39 is 8.38 Å². The summed E-state index contributed by atoms with van der Waals surface area (Å²) in [6.45, 7) is 4.41. The minimum Gasteiger partial charge on any atom is -0.443 e. The average molecular weight is 407 g/mol. The summed E-state index contributed by atoms with van der Waals surface area (Å²) in [6, 6.07) is 24.7. The van der Waals surface area contributed by atoms with Crippen LogP contribution in [0.5, 0.6) is 5.75 Å². The Balaban J connectivity index is 1.86. The van der Waals surface area contributed by atoms with Gasteiger partial charge in [0, 0.05) is 5.30 Å². The van der Waals surface area contributed by atoms with Gasteiger partial charge in [0.1, 0.15) is 5.75 Å². The Morgan fingerprint density at radius 2 is 1.31 bits per heavy atom. The van der Waals surface area contributed by atoms with Gasteiger partial charge in [-0.05, 0) is 60.1 Å². The van der Waals surface area contributed by atoms with E-state index in [-0.39, 0.29) is 0 Å². The number of aryl methyl sites for hydroxylation is 2. The van der Waals surface area contributed by atoms with E-state index in [2.05, 4.69) is 50.2 Å². The minimum atomic E-state index is -1.72. The van der Waals surface area contributed by atoms with E-state index in [0.29, 0.717) is 0 Å². The Hall–Kier alpha value is -2.15. The van der Waals surface area contributed by atoms with E-state index in [1.807, 2.05) is 36.4 Å². The zero-order chi connectivity index (χ0) is 20.5. The smallest absolute Gasteiger partial charge is 0.262 e. The molecule has 2 nitrogen and oxygen atoms in total. The molecule has 1 N–H and O–H groups in total. The molecule has 1 unspecified atom stereocenters. The standard InChI is InChI=1S/C26H31O2P/c1-3-5-12-22-16-10-17-23(13-6-4-2)26(22)28-29(27)25-19-11-18-24(20-25)21-14-8-7-9-15-21/h7-11,14-20,27H,3-6,12-13H2,1-2H3. The van der Waals surface area contributed by atoms with Crippen molar-refractivity contribution < 1.29 is 9.42 Å². The van der Waals surface area contributed by atoms with Crippen LogP contribution >= 0.6 is 8.38 Å². The lowest BCUT2D eigenvalue weighted by molar-refractivity contribution is 0.489. The molecule has 0 fully saturated rings. The molecule has 0 saturated heterocycles. The molecule has 0 aromatic heterocycles. The van der Waals surface area contributed by atoms with Crippen molar-refractivity contribution in [3.05, 3.63) is 83.9 Å². The minimum absolute atomic E-state index is 0.841. The van der Waals surface area contributed by atoms with Crippen LogP contribution in [0.2, 0.25) is 0 Å². The van der Waals surface area contributed by atoms with Gasteiger partial charge in [-0.1, -0.05) is 87.4 Å². The fourth-order valence-electron chi connectivity index (χ4n) is 3.46. The third-order valence-corrected chi connectivity index (χ3v) is 6.20. The molecular weight excluding hydrogens is 375 g/mol. The fourth-order valence-corrected chi connectivity index (χ4v) is 4.43. The number of benzene rings is 3. The van der Waals surface area contributed by atoms with Crippen LogP contribution in [-0.4, -0.2) is 4.89 Å². The molecule has 0 aliphatic heterocycles. The predicted octanol–water partition coefficient (Wildman–Crippen LogP) is 7.05. The third kappa shape index (κ3) is 5.92. The summed E-state index contributed by atoms with van der Waals surface area (Å²) in [4.78, 5) is 11.0. The summed E-state index contributed by atoms with van der Waals surface area (Å²) >= 11 is 0. The molecule has 0 spiro atoms. The molecule has 29 heavy (non-hydrogen) atoms. The molecule has 0 bridgehead atoms. The lowest BCUT2D eigenvalue weighted by Gasteiger charge is -2.19. The average Bonchev–Trinajstić information content (AvgIpc) is 2.78. The highest BCUT2D eigenvalue weighted by Gasteiger charge is 2.17. The van der Waals surface area contributed by atoms with Crippen LogP contribution in [0.4, 0.5) is 0 Å². The van der Waals surface area contributed by atoms with E-state index >= 15 is 0 Å². The van der Waals surface area contributed by atoms with Gasteiger partial charge < -0.3 is 9.42 Å². The molecule has 0 saturated carbocycles. The van der Waals surface area contributed by atoms with Gasteiger partial charge in [-0.2, -0.15) is 0 Å². The van der Waals surface area contributed by atoms with Crippen LogP contribution < -0.4 is 9.83 Å². The zero-order valence-electron chi connectivity index (χ0n) is 17.5. The van der Waals surface area contributed by atoms with Crippen molar-refractivity contribution in [3.8, 4) is 16.9 Å². The lowest BCUT2D eigenvalue weighted by Crippen LogP contribution is -2.07. The normalized spacial score (nSPS) is 12.0. The summed E-state index contributed by atoms with van der Waals surface area (Å²) in [5, 5.41) is 0.841. The topological polar surface area (TPSA) is 29.5 Å². The molecule has 0 heterocycles. The maximum Gasteiger partial charge on any atom is 0.262 e. The first kappa shape index (κ1) is 21.6. The molecule has 0 radical (unpaired) electrons. The number of rotatable bonds is 10. The Kier molecular flexibility index (Phi) is 8.28. The lowest BCUT2D eigenvalue weighted by atomic mass is 10.0. The summed E-state index contributed by atoms with van der Waals surface area (Å²) < 4.78 is 6.27. The highest BCUT2D eigenvalue weighted by molar-refractivity contribution is 7.55. The second kappa shape index (κ2) is 11.1. The second-order valence-electron chi connectivity index (χ2n) is 7.39. The molecule has 0 amide bonds. The predicted molar refractivity (Wildman–Crippen MR) is 125 cm³/mol. The van der Waals surface area contributed by atoms with Crippen LogP contribution in [-0.2, 0) is 12.8 Å². The molecule has 3 heteroatoms. The Labute approximate surface area is 176 Å². The van der Waals surface area contributed by atoms with Gasteiger partial charge in [0.2, 0.25) is 0 Å². The zero-order valence-corrected chi connectivity index (χ0v) is 18.4. The van der Waals surface area contributed by atoms with Crippen molar-refractivity contribution in [2.24, 2.45) is 0 Å². The van der Waals surface area contributed by atoms with Crippen LogP contribution in [0.15, 0.2) is 72.8 Å². The fraction of sp³-hybridized carbons (Fsp3) is 0.308. The van der Waals surface area contributed by atoms with Crippen molar-refractivity contribution in [2.75, 3.05) is 0 Å². The van der Waals surface area contributed by atoms with E-state index in [4.69, 9.17) is 4.52 Å².